The molecule has 182 valence electrons. The molecule has 8 nitrogen and oxygen atoms in total. The fourth-order valence-electron chi connectivity index (χ4n) is 4.49. The molecule has 3 aliphatic rings. The Kier molecular flexibility index (Phi) is 6.34. The third kappa shape index (κ3) is 5.39. The summed E-state index contributed by atoms with van der Waals surface area (Å²) in [4.78, 5) is 27.6. The van der Waals surface area contributed by atoms with Gasteiger partial charge in [-0.25, -0.2) is 0 Å². The highest BCUT2D eigenvalue weighted by Gasteiger charge is 2.28. The third-order valence-electron chi connectivity index (χ3n) is 6.60. The van der Waals surface area contributed by atoms with Crippen LogP contribution in [-0.2, 0) is 0 Å². The van der Waals surface area contributed by atoms with E-state index in [2.05, 4.69) is 36.2 Å². The smallest absolute Gasteiger partial charge is 0.233 e. The first-order valence-electron chi connectivity index (χ1n) is 12.3. The minimum atomic E-state index is 0.509. The van der Waals surface area contributed by atoms with Crippen LogP contribution in [0, 0.1) is 5.92 Å². The predicted molar refractivity (Wildman–Crippen MR) is 146 cm³/mol. The van der Waals surface area contributed by atoms with Crippen LogP contribution in [-0.4, -0.2) is 58.5 Å². The van der Waals surface area contributed by atoms with Crippen LogP contribution in [0.3, 0.4) is 0 Å². The van der Waals surface area contributed by atoms with E-state index in [9.17, 15) is 0 Å². The van der Waals surface area contributed by atoms with Crippen molar-refractivity contribution >= 4 is 47.2 Å². The standard InChI is InChI=1S/C27H27ClN8/c28-22-3-1-2-19(16-22)4-7-24-31-26(32-25-17-21(18-30-25)20-5-6-20)34-27(33-24)36-14-12-35(13-15-36)23-8-10-29-11-9-23/h1-4,7-11,16-17,20H,5-6,12-15,18H2,(H,30,31,32,33,34)/b7-4+. The van der Waals surface area contributed by atoms with E-state index in [1.165, 1.54) is 24.1 Å². The maximum absolute atomic E-state index is 6.15. The van der Waals surface area contributed by atoms with Crippen molar-refractivity contribution in [3.05, 3.63) is 76.9 Å². The molecule has 1 saturated carbocycles. The zero-order chi connectivity index (χ0) is 24.3. The molecule has 3 aromatic rings. The molecule has 6 rings (SSSR count). The summed E-state index contributed by atoms with van der Waals surface area (Å²) >= 11 is 6.15. The first-order chi connectivity index (χ1) is 17.7. The molecule has 36 heavy (non-hydrogen) atoms. The second kappa shape index (κ2) is 10.1. The molecule has 0 spiro atoms. The van der Waals surface area contributed by atoms with Gasteiger partial charge >= 0.3 is 0 Å². The van der Waals surface area contributed by atoms with Crippen LogP contribution in [0.4, 0.5) is 17.6 Å². The number of aromatic nitrogens is 4. The quantitative estimate of drug-likeness (QED) is 0.532. The van der Waals surface area contributed by atoms with Crippen molar-refractivity contribution < 1.29 is 0 Å². The van der Waals surface area contributed by atoms with E-state index < -0.39 is 0 Å². The first kappa shape index (κ1) is 22.7. The van der Waals surface area contributed by atoms with Crippen LogP contribution in [0.5, 0.6) is 0 Å². The highest BCUT2D eigenvalue weighted by Crippen LogP contribution is 2.37. The fourth-order valence-corrected chi connectivity index (χ4v) is 4.69. The third-order valence-corrected chi connectivity index (χ3v) is 6.84. The number of pyridine rings is 1. The summed E-state index contributed by atoms with van der Waals surface area (Å²) in [5, 5.41) is 4.02. The fraction of sp³-hybridized carbons (Fsp3) is 0.296. The molecule has 1 aromatic carbocycles. The maximum Gasteiger partial charge on any atom is 0.233 e. The number of piperazine rings is 1. The van der Waals surface area contributed by atoms with Crippen LogP contribution in [0.1, 0.15) is 24.2 Å². The van der Waals surface area contributed by atoms with Gasteiger partial charge in [-0.05, 0) is 66.3 Å². The molecule has 2 aliphatic heterocycles. The maximum atomic E-state index is 6.15. The number of anilines is 3. The molecule has 2 aromatic heterocycles. The Morgan fingerprint density at radius 3 is 2.50 bits per heavy atom. The molecule has 4 heterocycles. The zero-order valence-electron chi connectivity index (χ0n) is 19.9. The van der Waals surface area contributed by atoms with Crippen LogP contribution in [0.15, 0.2) is 65.4 Å². The lowest BCUT2D eigenvalue weighted by atomic mass is 10.2. The Bertz CT molecular complexity index is 1320. The molecule has 9 heteroatoms. The Balaban J connectivity index is 1.23. The van der Waals surface area contributed by atoms with Crippen molar-refractivity contribution in [2.45, 2.75) is 12.8 Å². The Morgan fingerprint density at radius 1 is 0.917 bits per heavy atom. The first-order valence-corrected chi connectivity index (χ1v) is 12.7. The van der Waals surface area contributed by atoms with E-state index >= 15 is 0 Å². The van der Waals surface area contributed by atoms with Crippen LogP contribution in [0.25, 0.3) is 12.2 Å². The summed E-state index contributed by atoms with van der Waals surface area (Å²) in [7, 11) is 0. The molecule has 0 radical (unpaired) electrons. The number of amidine groups is 1. The van der Waals surface area contributed by atoms with Crippen LogP contribution in [0.2, 0.25) is 5.02 Å². The zero-order valence-corrected chi connectivity index (χ0v) is 20.6. The van der Waals surface area contributed by atoms with Gasteiger partial charge < -0.3 is 15.1 Å². The average Bonchev–Trinajstić information content (AvgIpc) is 3.67. The second-order valence-corrected chi connectivity index (χ2v) is 9.64. The lowest BCUT2D eigenvalue weighted by Crippen LogP contribution is -2.47. The van der Waals surface area contributed by atoms with E-state index in [-0.39, 0.29) is 0 Å². The predicted octanol–water partition coefficient (Wildman–Crippen LogP) is 4.58. The van der Waals surface area contributed by atoms with E-state index in [0.717, 1.165) is 44.1 Å². The number of rotatable bonds is 6. The van der Waals surface area contributed by atoms with Crippen molar-refractivity contribution in [1.29, 1.82) is 0 Å². The van der Waals surface area contributed by atoms with E-state index in [1.807, 2.05) is 60.9 Å². The van der Waals surface area contributed by atoms with Gasteiger partial charge in [-0.2, -0.15) is 15.0 Å². The van der Waals surface area contributed by atoms with Crippen molar-refractivity contribution in [1.82, 2.24) is 19.9 Å². The molecule has 0 bridgehead atoms. The minimum Gasteiger partial charge on any atom is -0.368 e. The molecule has 1 N–H and O–H groups in total. The lowest BCUT2D eigenvalue weighted by molar-refractivity contribution is 0.638. The van der Waals surface area contributed by atoms with Crippen LogP contribution >= 0.6 is 11.6 Å². The molecule has 0 unspecified atom stereocenters. The number of hydrogen-bond acceptors (Lipinski definition) is 8. The van der Waals surface area contributed by atoms with Crippen molar-refractivity contribution in [2.24, 2.45) is 10.9 Å². The summed E-state index contributed by atoms with van der Waals surface area (Å²) in [6.07, 6.45) is 12.2. The summed E-state index contributed by atoms with van der Waals surface area (Å²) in [6.45, 7) is 4.16. The van der Waals surface area contributed by atoms with Crippen LogP contribution < -0.4 is 15.1 Å². The average molecular weight is 499 g/mol. The number of halogens is 1. The number of aliphatic imine (C=N–C) groups is 1. The van der Waals surface area contributed by atoms with Crippen molar-refractivity contribution in [3.8, 4) is 0 Å². The molecule has 2 fully saturated rings. The molecule has 1 aliphatic carbocycles. The van der Waals surface area contributed by atoms with Gasteiger partial charge in [0.2, 0.25) is 11.9 Å². The van der Waals surface area contributed by atoms with Gasteiger partial charge in [-0.15, -0.1) is 0 Å². The number of hydrogen-bond donors (Lipinski definition) is 1. The summed E-state index contributed by atoms with van der Waals surface area (Å²) in [5.41, 5.74) is 3.58. The summed E-state index contributed by atoms with van der Waals surface area (Å²) in [6, 6.07) is 11.8. The van der Waals surface area contributed by atoms with Crippen molar-refractivity contribution in [3.63, 3.8) is 0 Å². The van der Waals surface area contributed by atoms with Crippen molar-refractivity contribution in [2.75, 3.05) is 47.8 Å². The lowest BCUT2D eigenvalue weighted by Gasteiger charge is -2.36. The molecule has 0 atom stereocenters. The van der Waals surface area contributed by atoms with Gasteiger partial charge in [0.1, 0.15) is 5.84 Å². The van der Waals surface area contributed by atoms with Gasteiger partial charge in [0.05, 0.1) is 6.54 Å². The molecular formula is C27H27ClN8. The highest BCUT2D eigenvalue weighted by molar-refractivity contribution is 6.30. The number of nitrogens with one attached hydrogen (secondary N) is 1. The summed E-state index contributed by atoms with van der Waals surface area (Å²) in [5.74, 6) is 3.28. The van der Waals surface area contributed by atoms with Gasteiger partial charge in [0.15, 0.2) is 5.82 Å². The van der Waals surface area contributed by atoms with E-state index in [4.69, 9.17) is 21.6 Å². The molecular weight excluding hydrogens is 472 g/mol. The summed E-state index contributed by atoms with van der Waals surface area (Å²) < 4.78 is 0. The van der Waals surface area contributed by atoms with Gasteiger partial charge in [0, 0.05) is 49.3 Å². The Labute approximate surface area is 215 Å². The van der Waals surface area contributed by atoms with E-state index in [1.54, 1.807) is 0 Å². The largest absolute Gasteiger partial charge is 0.368 e. The van der Waals surface area contributed by atoms with Gasteiger partial charge in [0.25, 0.3) is 0 Å². The highest BCUT2D eigenvalue weighted by atomic mass is 35.5. The van der Waals surface area contributed by atoms with Gasteiger partial charge in [-0.3, -0.25) is 9.98 Å². The molecule has 1 saturated heterocycles. The number of benzene rings is 1. The van der Waals surface area contributed by atoms with E-state index in [0.29, 0.717) is 28.7 Å². The Hall–Kier alpha value is -3.78. The molecule has 0 amide bonds. The monoisotopic (exact) mass is 498 g/mol. The second-order valence-electron chi connectivity index (χ2n) is 9.21. The Morgan fingerprint density at radius 2 is 1.72 bits per heavy atom. The number of nitrogens with zero attached hydrogens (tertiary/aromatic N) is 7. The van der Waals surface area contributed by atoms with Gasteiger partial charge in [-0.1, -0.05) is 29.8 Å². The SMILES string of the molecule is Clc1cccc(/C=C/c2nc(NC3=NCC(C4CC4)=C3)nc(N3CCN(c4ccncc4)CC3)n2)c1. The topological polar surface area (TPSA) is 82.4 Å². The normalized spacial score (nSPS) is 17.9. The minimum absolute atomic E-state index is 0.509.